The normalized spacial score (nSPS) is 14.3. The van der Waals surface area contributed by atoms with Gasteiger partial charge in [0.05, 0.1) is 36.2 Å². The number of para-hydroxylation sites is 1. The lowest BCUT2D eigenvalue weighted by atomic mass is 10.1. The number of rotatable bonds is 8. The van der Waals surface area contributed by atoms with Gasteiger partial charge in [0.1, 0.15) is 0 Å². The topological polar surface area (TPSA) is 117 Å². The molecular weight excluding hydrogens is 446 g/mol. The second-order valence-corrected chi connectivity index (χ2v) is 9.27. The Bertz CT molecular complexity index is 1140. The van der Waals surface area contributed by atoms with Crippen molar-refractivity contribution >= 4 is 27.6 Å². The minimum absolute atomic E-state index is 0.0186. The third-order valence-electron chi connectivity index (χ3n) is 5.15. The molecule has 174 valence electrons. The molecule has 0 aliphatic carbocycles. The lowest BCUT2D eigenvalue weighted by molar-refractivity contribution is -0.121. The molecule has 33 heavy (non-hydrogen) atoms. The molecule has 0 bridgehead atoms. The summed E-state index contributed by atoms with van der Waals surface area (Å²) >= 11 is 0. The molecule has 1 saturated heterocycles. The van der Waals surface area contributed by atoms with Crippen molar-refractivity contribution in [3.8, 4) is 6.07 Å². The van der Waals surface area contributed by atoms with Gasteiger partial charge < -0.3 is 14.4 Å². The SMILES string of the molecule is Cc1ccc(C(=O)OCC(=O)N(CCC#N)c2ccccc2)cc1S(=O)(=O)N1CCOCC1. The maximum atomic E-state index is 13.0. The van der Waals surface area contributed by atoms with E-state index in [0.717, 1.165) is 0 Å². The molecular formula is C23H25N3O6S. The number of nitrogens with zero attached hydrogens (tertiary/aromatic N) is 3. The Morgan fingerprint density at radius 2 is 1.85 bits per heavy atom. The molecule has 2 aromatic rings. The highest BCUT2D eigenvalue weighted by molar-refractivity contribution is 7.89. The zero-order chi connectivity index (χ0) is 23.8. The Hall–Kier alpha value is -3.26. The first-order valence-corrected chi connectivity index (χ1v) is 11.9. The number of carbonyl (C=O) groups excluding carboxylic acids is 2. The molecule has 0 saturated carbocycles. The molecule has 0 unspecified atom stereocenters. The number of hydrogen-bond acceptors (Lipinski definition) is 7. The standard InChI is InChI=1S/C23H25N3O6S/c1-18-8-9-19(16-21(18)33(29,30)25-12-14-31-15-13-25)23(28)32-17-22(27)26(11-5-10-24)20-6-3-2-4-7-20/h2-4,6-9,16H,5,11-15,17H2,1H3. The molecule has 0 N–H and O–H groups in total. The van der Waals surface area contributed by atoms with Crippen LogP contribution in [0.3, 0.4) is 0 Å². The van der Waals surface area contributed by atoms with E-state index in [0.29, 0.717) is 24.5 Å². The van der Waals surface area contributed by atoms with Crippen LogP contribution < -0.4 is 4.90 Å². The largest absolute Gasteiger partial charge is 0.452 e. The highest BCUT2D eigenvalue weighted by Crippen LogP contribution is 2.23. The fraction of sp³-hybridized carbons (Fsp3) is 0.348. The number of hydrogen-bond donors (Lipinski definition) is 0. The monoisotopic (exact) mass is 471 g/mol. The quantitative estimate of drug-likeness (QED) is 0.541. The van der Waals surface area contributed by atoms with Crippen LogP contribution in [0.25, 0.3) is 0 Å². The Labute approximate surface area is 193 Å². The summed E-state index contributed by atoms with van der Waals surface area (Å²) in [4.78, 5) is 26.7. The Morgan fingerprint density at radius 3 is 2.52 bits per heavy atom. The van der Waals surface area contributed by atoms with E-state index >= 15 is 0 Å². The van der Waals surface area contributed by atoms with E-state index in [2.05, 4.69) is 0 Å². The maximum absolute atomic E-state index is 13.0. The van der Waals surface area contributed by atoms with Crippen molar-refractivity contribution in [3.63, 3.8) is 0 Å². The van der Waals surface area contributed by atoms with E-state index < -0.39 is 28.5 Å². The predicted octanol–water partition coefficient (Wildman–Crippen LogP) is 2.12. The Morgan fingerprint density at radius 1 is 1.15 bits per heavy atom. The first-order chi connectivity index (χ1) is 15.8. The average molecular weight is 472 g/mol. The van der Waals surface area contributed by atoms with Crippen molar-refractivity contribution in [1.82, 2.24) is 4.31 Å². The van der Waals surface area contributed by atoms with E-state index in [1.54, 1.807) is 37.3 Å². The Balaban J connectivity index is 1.73. The number of nitriles is 1. The number of ether oxygens (including phenoxy) is 2. The molecule has 0 radical (unpaired) electrons. The van der Waals surface area contributed by atoms with Crippen LogP contribution in [0.4, 0.5) is 5.69 Å². The van der Waals surface area contributed by atoms with Crippen LogP contribution in [0.1, 0.15) is 22.3 Å². The highest BCUT2D eigenvalue weighted by atomic mass is 32.2. The van der Waals surface area contributed by atoms with Gasteiger partial charge in [-0.15, -0.1) is 0 Å². The summed E-state index contributed by atoms with van der Waals surface area (Å²) in [5.74, 6) is -1.30. The smallest absolute Gasteiger partial charge is 0.338 e. The highest BCUT2D eigenvalue weighted by Gasteiger charge is 2.29. The summed E-state index contributed by atoms with van der Waals surface area (Å²) in [5, 5.41) is 8.89. The van der Waals surface area contributed by atoms with Crippen LogP contribution in [0.2, 0.25) is 0 Å². The van der Waals surface area contributed by atoms with Gasteiger partial charge in [0, 0.05) is 25.3 Å². The van der Waals surface area contributed by atoms with Gasteiger partial charge in [-0.3, -0.25) is 4.79 Å². The summed E-state index contributed by atoms with van der Waals surface area (Å²) < 4.78 is 37.8. The Kier molecular flexibility index (Phi) is 8.16. The third-order valence-corrected chi connectivity index (χ3v) is 7.20. The van der Waals surface area contributed by atoms with Gasteiger partial charge in [-0.05, 0) is 36.8 Å². The number of esters is 1. The van der Waals surface area contributed by atoms with Crippen LogP contribution in [0.15, 0.2) is 53.4 Å². The molecule has 1 heterocycles. The van der Waals surface area contributed by atoms with Gasteiger partial charge in [0.15, 0.2) is 6.61 Å². The van der Waals surface area contributed by atoms with Crippen LogP contribution in [0.5, 0.6) is 0 Å². The molecule has 9 nitrogen and oxygen atoms in total. The fourth-order valence-corrected chi connectivity index (χ4v) is 5.05. The summed E-state index contributed by atoms with van der Waals surface area (Å²) in [7, 11) is -3.80. The zero-order valence-electron chi connectivity index (χ0n) is 18.3. The number of sulfonamides is 1. The van der Waals surface area contributed by atoms with E-state index in [4.69, 9.17) is 14.7 Å². The summed E-state index contributed by atoms with van der Waals surface area (Å²) in [6.45, 7) is 2.37. The minimum Gasteiger partial charge on any atom is -0.452 e. The summed E-state index contributed by atoms with van der Waals surface area (Å²) in [5.41, 5.74) is 1.12. The van der Waals surface area contributed by atoms with Crippen molar-refractivity contribution in [3.05, 3.63) is 59.7 Å². The van der Waals surface area contributed by atoms with Crippen molar-refractivity contribution in [2.75, 3.05) is 44.4 Å². The maximum Gasteiger partial charge on any atom is 0.338 e. The predicted molar refractivity (Wildman–Crippen MR) is 120 cm³/mol. The lowest BCUT2D eigenvalue weighted by Crippen LogP contribution is -2.40. The van der Waals surface area contributed by atoms with E-state index in [-0.39, 0.29) is 36.5 Å². The van der Waals surface area contributed by atoms with Gasteiger partial charge in [-0.2, -0.15) is 9.57 Å². The lowest BCUT2D eigenvalue weighted by Gasteiger charge is -2.26. The van der Waals surface area contributed by atoms with Crippen molar-refractivity contribution < 1.29 is 27.5 Å². The van der Waals surface area contributed by atoms with Crippen LogP contribution in [0, 0.1) is 18.3 Å². The minimum atomic E-state index is -3.80. The number of aryl methyl sites for hydroxylation is 1. The van der Waals surface area contributed by atoms with Crippen molar-refractivity contribution in [2.45, 2.75) is 18.2 Å². The average Bonchev–Trinajstić information content (AvgIpc) is 2.84. The van der Waals surface area contributed by atoms with Crippen LogP contribution in [-0.4, -0.2) is 64.1 Å². The number of amides is 1. The molecule has 0 aromatic heterocycles. The van der Waals surface area contributed by atoms with Crippen LogP contribution >= 0.6 is 0 Å². The molecule has 1 amide bonds. The first-order valence-electron chi connectivity index (χ1n) is 10.4. The summed E-state index contributed by atoms with van der Waals surface area (Å²) in [6.07, 6.45) is 0.120. The van der Waals surface area contributed by atoms with Crippen LogP contribution in [-0.2, 0) is 24.3 Å². The van der Waals surface area contributed by atoms with Gasteiger partial charge in [-0.25, -0.2) is 13.2 Å². The van der Waals surface area contributed by atoms with Gasteiger partial charge in [-0.1, -0.05) is 24.3 Å². The number of anilines is 1. The van der Waals surface area contributed by atoms with Crippen molar-refractivity contribution in [1.29, 1.82) is 5.26 Å². The zero-order valence-corrected chi connectivity index (χ0v) is 19.1. The second kappa shape index (κ2) is 11.0. The molecule has 1 aliphatic heterocycles. The van der Waals surface area contributed by atoms with Gasteiger partial charge in [0.25, 0.3) is 5.91 Å². The van der Waals surface area contributed by atoms with E-state index in [1.165, 1.54) is 27.4 Å². The molecule has 1 fully saturated rings. The number of benzene rings is 2. The fourth-order valence-electron chi connectivity index (χ4n) is 3.39. The molecule has 3 rings (SSSR count). The molecule has 0 spiro atoms. The molecule has 10 heteroatoms. The van der Waals surface area contributed by atoms with Gasteiger partial charge >= 0.3 is 5.97 Å². The van der Waals surface area contributed by atoms with Crippen molar-refractivity contribution in [2.24, 2.45) is 0 Å². The number of morpholine rings is 1. The second-order valence-electron chi connectivity index (χ2n) is 7.36. The van der Waals surface area contributed by atoms with E-state index in [1.807, 2.05) is 6.07 Å². The number of carbonyl (C=O) groups is 2. The molecule has 2 aromatic carbocycles. The molecule has 1 aliphatic rings. The van der Waals surface area contributed by atoms with E-state index in [9.17, 15) is 18.0 Å². The van der Waals surface area contributed by atoms with Gasteiger partial charge in [0.2, 0.25) is 10.0 Å². The molecule has 0 atom stereocenters. The first kappa shape index (κ1) is 24.4. The summed E-state index contributed by atoms with van der Waals surface area (Å²) in [6, 6.07) is 15.0. The third kappa shape index (κ3) is 5.96.